The first-order chi connectivity index (χ1) is 8.83. The lowest BCUT2D eigenvalue weighted by Crippen LogP contribution is -2.33. The summed E-state index contributed by atoms with van der Waals surface area (Å²) in [6.07, 6.45) is 8.37. The van der Waals surface area contributed by atoms with Crippen LogP contribution in [0, 0.1) is 0 Å². The van der Waals surface area contributed by atoms with E-state index in [1.54, 1.807) is 0 Å². The smallest absolute Gasteiger partial charge is 0.186 e. The molecule has 0 amide bonds. The standard InChI is InChI=1S/C13H25N3OS/c1-2-17-11-7-10-14-13(18)16-15-12-8-5-3-4-6-9-12/h2-11H2,1H3,(H2,14,16,18). The van der Waals surface area contributed by atoms with E-state index in [1.165, 1.54) is 31.4 Å². The van der Waals surface area contributed by atoms with Crippen molar-refractivity contribution >= 4 is 23.0 Å². The molecule has 0 aromatic rings. The van der Waals surface area contributed by atoms with Crippen molar-refractivity contribution in [2.45, 2.75) is 51.9 Å². The van der Waals surface area contributed by atoms with Crippen molar-refractivity contribution in [3.05, 3.63) is 0 Å². The van der Waals surface area contributed by atoms with Crippen molar-refractivity contribution in [1.29, 1.82) is 0 Å². The van der Waals surface area contributed by atoms with Gasteiger partial charge in [-0.15, -0.1) is 0 Å². The normalized spacial score (nSPS) is 15.9. The zero-order chi connectivity index (χ0) is 13.1. The molecule has 4 nitrogen and oxygen atoms in total. The number of nitrogens with one attached hydrogen (secondary N) is 2. The summed E-state index contributed by atoms with van der Waals surface area (Å²) < 4.78 is 5.25. The molecule has 0 saturated heterocycles. The molecule has 0 atom stereocenters. The maximum Gasteiger partial charge on any atom is 0.186 e. The minimum absolute atomic E-state index is 0.614. The van der Waals surface area contributed by atoms with E-state index < -0.39 is 0 Å². The molecule has 0 radical (unpaired) electrons. The lowest BCUT2D eigenvalue weighted by Gasteiger charge is -2.08. The highest BCUT2D eigenvalue weighted by atomic mass is 32.1. The minimum Gasteiger partial charge on any atom is -0.382 e. The number of hydrazone groups is 1. The maximum absolute atomic E-state index is 5.25. The van der Waals surface area contributed by atoms with E-state index in [4.69, 9.17) is 17.0 Å². The highest BCUT2D eigenvalue weighted by molar-refractivity contribution is 7.80. The van der Waals surface area contributed by atoms with Crippen LogP contribution in [0.1, 0.15) is 51.9 Å². The van der Waals surface area contributed by atoms with Gasteiger partial charge in [0.15, 0.2) is 5.11 Å². The minimum atomic E-state index is 0.614. The molecular weight excluding hydrogens is 246 g/mol. The lowest BCUT2D eigenvalue weighted by molar-refractivity contribution is 0.145. The molecule has 2 N–H and O–H groups in total. The summed E-state index contributed by atoms with van der Waals surface area (Å²) >= 11 is 5.16. The van der Waals surface area contributed by atoms with Gasteiger partial charge in [0.1, 0.15) is 0 Å². The molecule has 1 fully saturated rings. The Kier molecular flexibility index (Phi) is 8.77. The van der Waals surface area contributed by atoms with Crippen molar-refractivity contribution in [1.82, 2.24) is 10.7 Å². The van der Waals surface area contributed by atoms with Gasteiger partial charge in [0.2, 0.25) is 0 Å². The monoisotopic (exact) mass is 271 g/mol. The van der Waals surface area contributed by atoms with Gasteiger partial charge >= 0.3 is 0 Å². The quantitative estimate of drug-likeness (QED) is 0.337. The van der Waals surface area contributed by atoms with Crippen LogP contribution in [0.5, 0.6) is 0 Å². The second kappa shape index (κ2) is 10.3. The molecule has 0 aromatic heterocycles. The van der Waals surface area contributed by atoms with Gasteiger partial charge in [0, 0.05) is 25.5 Å². The lowest BCUT2D eigenvalue weighted by atomic mass is 10.2. The molecule has 5 heteroatoms. The summed E-state index contributed by atoms with van der Waals surface area (Å²) in [6, 6.07) is 0. The fourth-order valence-electron chi connectivity index (χ4n) is 1.94. The van der Waals surface area contributed by atoms with Crippen LogP contribution in [0.4, 0.5) is 0 Å². The molecule has 104 valence electrons. The number of thiocarbonyl (C=S) groups is 1. The number of ether oxygens (including phenoxy) is 1. The number of rotatable bonds is 6. The maximum atomic E-state index is 5.25. The third kappa shape index (κ3) is 7.61. The average Bonchev–Trinajstić information content (AvgIpc) is 2.64. The van der Waals surface area contributed by atoms with Crippen molar-refractivity contribution < 1.29 is 4.74 Å². The molecule has 0 aliphatic heterocycles. The average molecular weight is 271 g/mol. The molecule has 0 unspecified atom stereocenters. The predicted molar refractivity (Wildman–Crippen MR) is 80.0 cm³/mol. The van der Waals surface area contributed by atoms with E-state index >= 15 is 0 Å². The predicted octanol–water partition coefficient (Wildman–Crippen LogP) is 2.59. The summed E-state index contributed by atoms with van der Waals surface area (Å²) in [6.45, 7) is 4.39. The Balaban J connectivity index is 2.09. The summed E-state index contributed by atoms with van der Waals surface area (Å²) in [4.78, 5) is 0. The topological polar surface area (TPSA) is 45.6 Å². The number of hydrogen-bond donors (Lipinski definition) is 2. The largest absolute Gasteiger partial charge is 0.382 e. The second-order valence-electron chi connectivity index (χ2n) is 4.51. The molecule has 1 rings (SSSR count). The van der Waals surface area contributed by atoms with E-state index in [0.717, 1.165) is 39.0 Å². The van der Waals surface area contributed by atoms with E-state index in [1.807, 2.05) is 6.92 Å². The third-order valence-electron chi connectivity index (χ3n) is 2.95. The first-order valence-electron chi connectivity index (χ1n) is 7.00. The summed E-state index contributed by atoms with van der Waals surface area (Å²) in [5, 5.41) is 8.13. The van der Waals surface area contributed by atoms with E-state index in [9.17, 15) is 0 Å². The SMILES string of the molecule is CCOCCCNC(=S)NN=C1CCCCCC1. The zero-order valence-electron chi connectivity index (χ0n) is 11.3. The van der Waals surface area contributed by atoms with Gasteiger partial charge in [-0.1, -0.05) is 12.8 Å². The molecule has 1 aliphatic rings. The van der Waals surface area contributed by atoms with Gasteiger partial charge < -0.3 is 10.1 Å². The van der Waals surface area contributed by atoms with Crippen LogP contribution >= 0.6 is 12.2 Å². The Labute approximate surface area is 116 Å². The fourth-order valence-corrected chi connectivity index (χ4v) is 2.09. The van der Waals surface area contributed by atoms with Crippen molar-refractivity contribution in [2.75, 3.05) is 19.8 Å². The number of hydrogen-bond acceptors (Lipinski definition) is 3. The van der Waals surface area contributed by atoms with Gasteiger partial charge in [0.05, 0.1) is 0 Å². The fraction of sp³-hybridized carbons (Fsp3) is 0.846. The number of nitrogens with zero attached hydrogens (tertiary/aromatic N) is 1. The third-order valence-corrected chi connectivity index (χ3v) is 3.19. The molecule has 0 aromatic carbocycles. The Bertz CT molecular complexity index is 259. The van der Waals surface area contributed by atoms with Crippen LogP contribution in [0.25, 0.3) is 0 Å². The Morgan fingerprint density at radius 2 is 2.00 bits per heavy atom. The molecular formula is C13H25N3OS. The van der Waals surface area contributed by atoms with Crippen LogP contribution in [-0.2, 0) is 4.74 Å². The Morgan fingerprint density at radius 3 is 2.67 bits per heavy atom. The van der Waals surface area contributed by atoms with Crippen LogP contribution < -0.4 is 10.7 Å². The Morgan fingerprint density at radius 1 is 1.28 bits per heavy atom. The highest BCUT2D eigenvalue weighted by Crippen LogP contribution is 2.14. The first-order valence-corrected chi connectivity index (χ1v) is 7.40. The van der Waals surface area contributed by atoms with E-state index in [2.05, 4.69) is 15.8 Å². The zero-order valence-corrected chi connectivity index (χ0v) is 12.2. The molecule has 0 heterocycles. The van der Waals surface area contributed by atoms with E-state index in [-0.39, 0.29) is 0 Å². The van der Waals surface area contributed by atoms with E-state index in [0.29, 0.717) is 5.11 Å². The molecule has 0 bridgehead atoms. The van der Waals surface area contributed by atoms with Gasteiger partial charge in [-0.25, -0.2) is 0 Å². The van der Waals surface area contributed by atoms with Crippen LogP contribution in [0.3, 0.4) is 0 Å². The van der Waals surface area contributed by atoms with Gasteiger partial charge in [-0.2, -0.15) is 5.10 Å². The summed E-state index contributed by atoms with van der Waals surface area (Å²) in [5.41, 5.74) is 4.19. The van der Waals surface area contributed by atoms with Gasteiger partial charge in [0.25, 0.3) is 0 Å². The van der Waals surface area contributed by atoms with Crippen molar-refractivity contribution in [2.24, 2.45) is 5.10 Å². The molecule has 0 spiro atoms. The molecule has 1 saturated carbocycles. The summed E-state index contributed by atoms with van der Waals surface area (Å²) in [5.74, 6) is 0. The van der Waals surface area contributed by atoms with Crippen molar-refractivity contribution in [3.8, 4) is 0 Å². The highest BCUT2D eigenvalue weighted by Gasteiger charge is 2.05. The van der Waals surface area contributed by atoms with Crippen LogP contribution in [0.2, 0.25) is 0 Å². The first kappa shape index (κ1) is 15.4. The van der Waals surface area contributed by atoms with Crippen LogP contribution in [0.15, 0.2) is 5.10 Å². The van der Waals surface area contributed by atoms with Gasteiger partial charge in [-0.3, -0.25) is 5.43 Å². The van der Waals surface area contributed by atoms with Crippen LogP contribution in [-0.4, -0.2) is 30.6 Å². The summed E-state index contributed by atoms with van der Waals surface area (Å²) in [7, 11) is 0. The van der Waals surface area contributed by atoms with Crippen molar-refractivity contribution in [3.63, 3.8) is 0 Å². The molecule has 1 aliphatic carbocycles. The Hall–Kier alpha value is -0.680. The second-order valence-corrected chi connectivity index (χ2v) is 4.92. The molecule has 18 heavy (non-hydrogen) atoms. The van der Waals surface area contributed by atoms with Gasteiger partial charge in [-0.05, 0) is 51.2 Å².